The lowest BCUT2D eigenvalue weighted by molar-refractivity contribution is -0.137. The van der Waals surface area contributed by atoms with Crippen LogP contribution in [0, 0.1) is 0 Å². The predicted octanol–water partition coefficient (Wildman–Crippen LogP) is 5.58. The summed E-state index contributed by atoms with van der Waals surface area (Å²) >= 11 is 6.03. The smallest absolute Gasteiger partial charge is 0.416 e. The summed E-state index contributed by atoms with van der Waals surface area (Å²) < 4.78 is 45.3. The van der Waals surface area contributed by atoms with Crippen LogP contribution in [0.4, 0.5) is 23.7 Å². The van der Waals surface area contributed by atoms with Gasteiger partial charge in [-0.2, -0.15) is 13.2 Å². The number of urea groups is 1. The van der Waals surface area contributed by atoms with E-state index in [9.17, 15) is 27.6 Å². The zero-order valence-electron chi connectivity index (χ0n) is 17.6. The number of fused-ring (bicyclic) bond motifs is 1. The van der Waals surface area contributed by atoms with Gasteiger partial charge in [-0.3, -0.25) is 14.9 Å². The Hall–Kier alpha value is -3.85. The second kappa shape index (κ2) is 8.83. The minimum absolute atomic E-state index is 0.273. The van der Waals surface area contributed by atoms with E-state index in [2.05, 4.69) is 0 Å². The Balaban J connectivity index is 1.87. The maximum atomic E-state index is 13.3. The number of ether oxygens (including phenoxy) is 1. The van der Waals surface area contributed by atoms with E-state index in [1.807, 2.05) is 23.5 Å². The molecule has 1 heterocycles. The second-order valence-electron chi connectivity index (χ2n) is 7.25. The molecular weight excluding hydrogens is 473 g/mol. The quantitative estimate of drug-likeness (QED) is 0.384. The van der Waals surface area contributed by atoms with Gasteiger partial charge < -0.3 is 4.74 Å². The van der Waals surface area contributed by atoms with Crippen molar-refractivity contribution in [2.45, 2.75) is 13.1 Å². The number of nitrogens with zero attached hydrogens (tertiary/aromatic N) is 1. The first-order valence-electron chi connectivity index (χ1n) is 10.0. The Morgan fingerprint density at radius 3 is 2.50 bits per heavy atom. The summed E-state index contributed by atoms with van der Waals surface area (Å²) in [6, 6.07) is 11.7. The first kappa shape index (κ1) is 23.3. The van der Waals surface area contributed by atoms with Gasteiger partial charge >= 0.3 is 12.2 Å². The monoisotopic (exact) mass is 488 g/mol. The predicted molar refractivity (Wildman–Crippen MR) is 121 cm³/mol. The molecule has 0 bridgehead atoms. The molecule has 0 spiro atoms. The van der Waals surface area contributed by atoms with Gasteiger partial charge in [0, 0.05) is 5.56 Å². The maximum Gasteiger partial charge on any atom is 0.416 e. The standard InChI is InChI=1S/C24H16ClF3N2O4/c1-2-34-20-10-7-13-5-3-4-6-15(13)16(20)12-17-21(31)29-23(33)30(22(17)32)19-11-14(24(26,27)28)8-9-18(19)25/h3-12H,2H2,1H3,(H,29,31,33)/b17-12+. The average molecular weight is 489 g/mol. The van der Waals surface area contributed by atoms with Crippen molar-refractivity contribution in [3.63, 3.8) is 0 Å². The van der Waals surface area contributed by atoms with E-state index in [0.29, 0.717) is 34.3 Å². The second-order valence-corrected chi connectivity index (χ2v) is 7.66. The van der Waals surface area contributed by atoms with E-state index in [0.717, 1.165) is 17.5 Å². The summed E-state index contributed by atoms with van der Waals surface area (Å²) in [5, 5.41) is 3.19. The van der Waals surface area contributed by atoms with Crippen LogP contribution in [-0.4, -0.2) is 24.5 Å². The number of carbonyl (C=O) groups is 3. The van der Waals surface area contributed by atoms with Gasteiger partial charge in [-0.15, -0.1) is 0 Å². The fraction of sp³-hybridized carbons (Fsp3) is 0.125. The Morgan fingerprint density at radius 1 is 1.06 bits per heavy atom. The van der Waals surface area contributed by atoms with E-state index in [-0.39, 0.29) is 5.02 Å². The lowest BCUT2D eigenvalue weighted by Gasteiger charge is -2.27. The molecule has 4 amide bonds. The molecule has 0 radical (unpaired) electrons. The number of hydrogen-bond acceptors (Lipinski definition) is 4. The first-order chi connectivity index (χ1) is 16.1. The van der Waals surface area contributed by atoms with Crippen LogP contribution in [0.3, 0.4) is 0 Å². The number of benzene rings is 3. The van der Waals surface area contributed by atoms with Crippen molar-refractivity contribution in [3.8, 4) is 5.75 Å². The van der Waals surface area contributed by atoms with Crippen LogP contribution in [0.15, 0.2) is 60.2 Å². The lowest BCUT2D eigenvalue weighted by atomic mass is 9.99. The number of alkyl halides is 3. The maximum absolute atomic E-state index is 13.3. The molecule has 0 saturated carbocycles. The molecule has 0 unspecified atom stereocenters. The molecule has 1 N–H and O–H groups in total. The number of amides is 4. The van der Waals surface area contributed by atoms with Crippen molar-refractivity contribution in [1.29, 1.82) is 0 Å². The van der Waals surface area contributed by atoms with E-state index in [1.54, 1.807) is 25.1 Å². The molecule has 1 aliphatic heterocycles. The number of imide groups is 2. The van der Waals surface area contributed by atoms with Gasteiger partial charge in [0.05, 0.1) is 22.9 Å². The third-order valence-electron chi connectivity index (χ3n) is 5.14. The van der Waals surface area contributed by atoms with Gasteiger partial charge in [0.25, 0.3) is 11.8 Å². The molecule has 174 valence electrons. The average Bonchev–Trinajstić information content (AvgIpc) is 2.78. The summed E-state index contributed by atoms with van der Waals surface area (Å²) in [6.07, 6.45) is -3.48. The summed E-state index contributed by atoms with van der Waals surface area (Å²) in [5.41, 5.74) is -1.67. The molecule has 6 nitrogen and oxygen atoms in total. The Labute approximate surface area is 196 Å². The van der Waals surface area contributed by atoms with Crippen LogP contribution in [0.25, 0.3) is 16.8 Å². The van der Waals surface area contributed by atoms with Crippen molar-refractivity contribution in [1.82, 2.24) is 5.32 Å². The van der Waals surface area contributed by atoms with E-state index in [1.165, 1.54) is 6.08 Å². The van der Waals surface area contributed by atoms with Gasteiger partial charge in [0.2, 0.25) is 0 Å². The highest BCUT2D eigenvalue weighted by molar-refractivity contribution is 6.42. The van der Waals surface area contributed by atoms with Crippen molar-refractivity contribution in [2.75, 3.05) is 11.5 Å². The minimum atomic E-state index is -4.74. The van der Waals surface area contributed by atoms with Crippen LogP contribution in [-0.2, 0) is 15.8 Å². The van der Waals surface area contributed by atoms with E-state index < -0.39 is 40.8 Å². The summed E-state index contributed by atoms with van der Waals surface area (Å²) in [5.74, 6) is -1.73. The number of halogens is 4. The Kier molecular flexibility index (Phi) is 6.05. The fourth-order valence-corrected chi connectivity index (χ4v) is 3.79. The van der Waals surface area contributed by atoms with Crippen molar-refractivity contribution >= 4 is 52.0 Å². The van der Waals surface area contributed by atoms with Crippen LogP contribution in [0.5, 0.6) is 5.75 Å². The molecule has 1 fully saturated rings. The number of nitrogens with one attached hydrogen (secondary N) is 1. The molecule has 0 aliphatic carbocycles. The SMILES string of the molecule is CCOc1ccc2ccccc2c1/C=C1\C(=O)NC(=O)N(c2cc(C(F)(F)F)ccc2Cl)C1=O. The molecule has 1 aliphatic rings. The van der Waals surface area contributed by atoms with Gasteiger partial charge in [0.1, 0.15) is 11.3 Å². The lowest BCUT2D eigenvalue weighted by Crippen LogP contribution is -2.54. The van der Waals surface area contributed by atoms with Crippen LogP contribution in [0.1, 0.15) is 18.1 Å². The van der Waals surface area contributed by atoms with Crippen LogP contribution < -0.4 is 15.0 Å². The fourth-order valence-electron chi connectivity index (χ4n) is 3.59. The van der Waals surface area contributed by atoms with Crippen molar-refractivity contribution in [3.05, 3.63) is 76.3 Å². The molecule has 4 rings (SSSR count). The van der Waals surface area contributed by atoms with Crippen molar-refractivity contribution in [2.24, 2.45) is 0 Å². The zero-order valence-corrected chi connectivity index (χ0v) is 18.3. The van der Waals surface area contributed by atoms with Crippen LogP contribution >= 0.6 is 11.6 Å². The summed E-state index contributed by atoms with van der Waals surface area (Å²) in [6.45, 7) is 2.07. The Bertz CT molecular complexity index is 1370. The number of carbonyl (C=O) groups excluding carboxylic acids is 3. The molecular formula is C24H16ClF3N2O4. The third kappa shape index (κ3) is 4.22. The number of hydrogen-bond donors (Lipinski definition) is 1. The molecule has 0 atom stereocenters. The molecule has 34 heavy (non-hydrogen) atoms. The molecule has 3 aromatic rings. The first-order valence-corrected chi connectivity index (χ1v) is 10.4. The topological polar surface area (TPSA) is 75.7 Å². The minimum Gasteiger partial charge on any atom is -0.493 e. The van der Waals surface area contributed by atoms with Gasteiger partial charge in [-0.1, -0.05) is 41.9 Å². The largest absolute Gasteiger partial charge is 0.493 e. The number of anilines is 1. The summed E-state index contributed by atoms with van der Waals surface area (Å²) in [7, 11) is 0. The molecule has 1 saturated heterocycles. The van der Waals surface area contributed by atoms with Gasteiger partial charge in [-0.05, 0) is 48.0 Å². The van der Waals surface area contributed by atoms with E-state index in [4.69, 9.17) is 16.3 Å². The third-order valence-corrected chi connectivity index (χ3v) is 5.45. The highest BCUT2D eigenvalue weighted by atomic mass is 35.5. The summed E-state index contributed by atoms with van der Waals surface area (Å²) in [4.78, 5) is 38.8. The zero-order chi connectivity index (χ0) is 24.6. The van der Waals surface area contributed by atoms with Crippen LogP contribution in [0.2, 0.25) is 5.02 Å². The number of rotatable bonds is 4. The van der Waals surface area contributed by atoms with Gasteiger partial charge in [-0.25, -0.2) is 9.69 Å². The highest BCUT2D eigenvalue weighted by Crippen LogP contribution is 2.37. The molecule has 10 heteroatoms. The van der Waals surface area contributed by atoms with E-state index >= 15 is 0 Å². The Morgan fingerprint density at radius 2 is 1.79 bits per heavy atom. The normalized spacial score (nSPS) is 15.7. The molecule has 0 aromatic heterocycles. The van der Waals surface area contributed by atoms with Crippen molar-refractivity contribution < 1.29 is 32.3 Å². The molecule has 3 aromatic carbocycles. The number of barbiturate groups is 1. The highest BCUT2D eigenvalue weighted by Gasteiger charge is 2.39. The van der Waals surface area contributed by atoms with Gasteiger partial charge in [0.15, 0.2) is 0 Å².